The molecule has 1 amide bonds. The van der Waals surface area contributed by atoms with E-state index in [0.717, 1.165) is 24.6 Å². The molecule has 120 valence electrons. The Labute approximate surface area is 136 Å². The highest BCUT2D eigenvalue weighted by Crippen LogP contribution is 2.25. The molecule has 0 aliphatic carbocycles. The van der Waals surface area contributed by atoms with Crippen LogP contribution >= 0.6 is 0 Å². The van der Waals surface area contributed by atoms with E-state index in [0.29, 0.717) is 17.6 Å². The molecule has 2 aromatic rings. The summed E-state index contributed by atoms with van der Waals surface area (Å²) in [5.74, 6) is -0.154. The van der Waals surface area contributed by atoms with Crippen molar-refractivity contribution in [2.45, 2.75) is 25.9 Å². The zero-order valence-corrected chi connectivity index (χ0v) is 13.4. The van der Waals surface area contributed by atoms with Crippen molar-refractivity contribution < 1.29 is 9.53 Å². The number of hydrogen-bond acceptors (Lipinski definition) is 4. The molecule has 2 unspecified atom stereocenters. The number of pyridine rings is 1. The Balaban J connectivity index is 1.71. The van der Waals surface area contributed by atoms with Crippen LogP contribution in [0.2, 0.25) is 0 Å². The lowest BCUT2D eigenvalue weighted by molar-refractivity contribution is 0.0757. The van der Waals surface area contributed by atoms with Crippen LogP contribution in [0, 0.1) is 0 Å². The Kier molecular flexibility index (Phi) is 4.57. The van der Waals surface area contributed by atoms with Gasteiger partial charge in [0.2, 0.25) is 0 Å². The normalized spacial score (nSPS) is 21.0. The second-order valence-corrected chi connectivity index (χ2v) is 5.89. The third-order valence-corrected chi connectivity index (χ3v) is 4.01. The maximum Gasteiger partial charge on any atom is 0.257 e. The summed E-state index contributed by atoms with van der Waals surface area (Å²) < 4.78 is 5.57. The molecule has 0 bridgehead atoms. The van der Waals surface area contributed by atoms with Crippen molar-refractivity contribution in [2.75, 3.05) is 23.4 Å². The van der Waals surface area contributed by atoms with Gasteiger partial charge in [0.1, 0.15) is 0 Å². The summed E-state index contributed by atoms with van der Waals surface area (Å²) in [7, 11) is 0. The number of carbonyl (C=O) groups excluding carboxylic acids is 1. The summed E-state index contributed by atoms with van der Waals surface area (Å²) >= 11 is 0. The second kappa shape index (κ2) is 6.79. The monoisotopic (exact) mass is 311 g/mol. The summed E-state index contributed by atoms with van der Waals surface area (Å²) in [4.78, 5) is 18.4. The van der Waals surface area contributed by atoms with Crippen molar-refractivity contribution >= 4 is 17.3 Å². The van der Waals surface area contributed by atoms with E-state index in [2.05, 4.69) is 29.0 Å². The van der Waals surface area contributed by atoms with Gasteiger partial charge in [-0.25, -0.2) is 0 Å². The molecule has 5 heteroatoms. The smallest absolute Gasteiger partial charge is 0.257 e. The minimum absolute atomic E-state index is 0.154. The lowest BCUT2D eigenvalue weighted by Crippen LogP contribution is -2.49. The first-order valence-corrected chi connectivity index (χ1v) is 7.82. The Morgan fingerprint density at radius 2 is 1.87 bits per heavy atom. The van der Waals surface area contributed by atoms with Gasteiger partial charge >= 0.3 is 0 Å². The van der Waals surface area contributed by atoms with Gasteiger partial charge in [-0.05, 0) is 50.2 Å². The van der Waals surface area contributed by atoms with Crippen LogP contribution in [0.1, 0.15) is 24.2 Å². The standard InChI is InChI=1S/C18H21N3O2/c1-13-11-23-12-14(2)21(13)17-7-5-16(6-8-17)20-18(22)15-4-3-9-19-10-15/h3-10,13-14H,11-12H2,1-2H3,(H,20,22). The second-order valence-electron chi connectivity index (χ2n) is 5.89. The van der Waals surface area contributed by atoms with E-state index in [-0.39, 0.29) is 5.91 Å². The Morgan fingerprint density at radius 3 is 2.48 bits per heavy atom. The Morgan fingerprint density at radius 1 is 1.17 bits per heavy atom. The number of morpholine rings is 1. The molecule has 3 rings (SSSR count). The van der Waals surface area contributed by atoms with Crippen molar-refractivity contribution in [3.63, 3.8) is 0 Å². The minimum Gasteiger partial charge on any atom is -0.377 e. The molecule has 1 N–H and O–H groups in total. The highest BCUT2D eigenvalue weighted by atomic mass is 16.5. The van der Waals surface area contributed by atoms with Crippen molar-refractivity contribution in [1.82, 2.24) is 4.98 Å². The van der Waals surface area contributed by atoms with Crippen LogP contribution in [-0.4, -0.2) is 36.2 Å². The molecule has 1 aliphatic heterocycles. The molecule has 0 spiro atoms. The topological polar surface area (TPSA) is 54.5 Å². The van der Waals surface area contributed by atoms with Gasteiger partial charge in [-0.15, -0.1) is 0 Å². The summed E-state index contributed by atoms with van der Waals surface area (Å²) in [6, 6.07) is 12.1. The average Bonchev–Trinajstić information content (AvgIpc) is 2.57. The fraction of sp³-hybridized carbons (Fsp3) is 0.333. The Hall–Kier alpha value is -2.40. The maximum atomic E-state index is 12.1. The third kappa shape index (κ3) is 3.51. The molecule has 2 heterocycles. The van der Waals surface area contributed by atoms with Crippen molar-refractivity contribution in [3.05, 3.63) is 54.4 Å². The summed E-state index contributed by atoms with van der Waals surface area (Å²) in [6.07, 6.45) is 3.21. The lowest BCUT2D eigenvalue weighted by atomic mass is 10.1. The molecule has 0 radical (unpaired) electrons. The zero-order chi connectivity index (χ0) is 16.2. The molecule has 1 saturated heterocycles. The Bertz CT molecular complexity index is 648. The zero-order valence-electron chi connectivity index (χ0n) is 13.4. The van der Waals surface area contributed by atoms with Crippen LogP contribution in [0.15, 0.2) is 48.8 Å². The van der Waals surface area contributed by atoms with Gasteiger partial charge in [0.15, 0.2) is 0 Å². The molecule has 1 aliphatic rings. The largest absolute Gasteiger partial charge is 0.377 e. The number of benzene rings is 1. The number of nitrogens with zero attached hydrogens (tertiary/aromatic N) is 2. The predicted octanol–water partition coefficient (Wildman–Crippen LogP) is 2.95. The van der Waals surface area contributed by atoms with Gasteiger partial charge in [-0.1, -0.05) is 0 Å². The van der Waals surface area contributed by atoms with Gasteiger partial charge < -0.3 is 15.0 Å². The highest BCUT2D eigenvalue weighted by molar-refractivity contribution is 6.04. The predicted molar refractivity (Wildman–Crippen MR) is 90.9 cm³/mol. The van der Waals surface area contributed by atoms with Gasteiger partial charge in [0.25, 0.3) is 5.91 Å². The first-order chi connectivity index (χ1) is 11.1. The maximum absolute atomic E-state index is 12.1. The van der Waals surface area contributed by atoms with Crippen LogP contribution in [-0.2, 0) is 4.74 Å². The van der Waals surface area contributed by atoms with Gasteiger partial charge in [0.05, 0.1) is 18.8 Å². The van der Waals surface area contributed by atoms with E-state index in [4.69, 9.17) is 4.74 Å². The molecule has 5 nitrogen and oxygen atoms in total. The molecule has 1 fully saturated rings. The van der Waals surface area contributed by atoms with Crippen LogP contribution in [0.5, 0.6) is 0 Å². The minimum atomic E-state index is -0.154. The van der Waals surface area contributed by atoms with Crippen molar-refractivity contribution in [1.29, 1.82) is 0 Å². The van der Waals surface area contributed by atoms with E-state index in [1.165, 1.54) is 0 Å². The number of anilines is 2. The summed E-state index contributed by atoms with van der Waals surface area (Å²) in [5, 5.41) is 2.89. The third-order valence-electron chi connectivity index (χ3n) is 4.01. The SMILES string of the molecule is CC1COCC(C)N1c1ccc(NC(=O)c2cccnc2)cc1. The fourth-order valence-corrected chi connectivity index (χ4v) is 2.93. The fourth-order valence-electron chi connectivity index (χ4n) is 2.93. The average molecular weight is 311 g/mol. The van der Waals surface area contributed by atoms with E-state index in [1.54, 1.807) is 24.5 Å². The highest BCUT2D eigenvalue weighted by Gasteiger charge is 2.25. The van der Waals surface area contributed by atoms with Crippen LogP contribution < -0.4 is 10.2 Å². The molecule has 1 aromatic heterocycles. The molecule has 0 saturated carbocycles. The van der Waals surface area contributed by atoms with E-state index < -0.39 is 0 Å². The molecule has 1 aromatic carbocycles. The van der Waals surface area contributed by atoms with E-state index in [9.17, 15) is 4.79 Å². The number of hydrogen-bond donors (Lipinski definition) is 1. The molecule has 23 heavy (non-hydrogen) atoms. The van der Waals surface area contributed by atoms with Crippen LogP contribution in [0.3, 0.4) is 0 Å². The molecular formula is C18H21N3O2. The van der Waals surface area contributed by atoms with Gasteiger partial charge in [0, 0.05) is 35.9 Å². The summed E-state index contributed by atoms with van der Waals surface area (Å²) in [6.45, 7) is 5.80. The number of carbonyl (C=O) groups is 1. The van der Waals surface area contributed by atoms with Crippen molar-refractivity contribution in [2.24, 2.45) is 0 Å². The first-order valence-electron chi connectivity index (χ1n) is 7.82. The number of ether oxygens (including phenoxy) is 1. The molecular weight excluding hydrogens is 290 g/mol. The van der Waals surface area contributed by atoms with E-state index >= 15 is 0 Å². The molecule has 2 atom stereocenters. The lowest BCUT2D eigenvalue weighted by Gasteiger charge is -2.40. The van der Waals surface area contributed by atoms with Crippen LogP contribution in [0.4, 0.5) is 11.4 Å². The van der Waals surface area contributed by atoms with Crippen LogP contribution in [0.25, 0.3) is 0 Å². The first kappa shape index (κ1) is 15.5. The summed E-state index contributed by atoms with van der Waals surface area (Å²) in [5.41, 5.74) is 2.47. The van der Waals surface area contributed by atoms with Crippen molar-refractivity contribution in [3.8, 4) is 0 Å². The quantitative estimate of drug-likeness (QED) is 0.947. The number of rotatable bonds is 3. The number of nitrogens with one attached hydrogen (secondary N) is 1. The number of amides is 1. The number of aromatic nitrogens is 1. The van der Waals surface area contributed by atoms with Gasteiger partial charge in [-0.2, -0.15) is 0 Å². The van der Waals surface area contributed by atoms with Gasteiger partial charge in [-0.3, -0.25) is 9.78 Å². The van der Waals surface area contributed by atoms with E-state index in [1.807, 2.05) is 24.3 Å².